The molecule has 0 heterocycles. The molecule has 1 aromatic rings. The van der Waals surface area contributed by atoms with Gasteiger partial charge < -0.3 is 10.8 Å². The summed E-state index contributed by atoms with van der Waals surface area (Å²) >= 11 is 0. The van der Waals surface area contributed by atoms with E-state index in [-0.39, 0.29) is 22.8 Å². The van der Waals surface area contributed by atoms with Crippen LogP contribution in [0, 0.1) is 12.7 Å². The molecule has 0 aliphatic carbocycles. The lowest BCUT2D eigenvalue weighted by Gasteiger charge is -2.15. The standard InChI is InChI=1S/C11H17FN2O3S/c1-3-8(6-15)14-18(16,17)9-4-10(12)7(2)11(13)5-9/h4-5,8,14-15H,3,6,13H2,1-2H3/t8-/m0/s1. The van der Waals surface area contributed by atoms with E-state index in [9.17, 15) is 12.8 Å². The van der Waals surface area contributed by atoms with Crippen LogP contribution in [0.15, 0.2) is 17.0 Å². The molecule has 0 aromatic heterocycles. The number of aliphatic hydroxyl groups excluding tert-OH is 1. The van der Waals surface area contributed by atoms with E-state index in [0.29, 0.717) is 6.42 Å². The Morgan fingerprint density at radius 2 is 2.11 bits per heavy atom. The zero-order chi connectivity index (χ0) is 13.9. The molecule has 0 bridgehead atoms. The SMILES string of the molecule is CC[C@@H](CO)NS(=O)(=O)c1cc(N)c(C)c(F)c1. The largest absolute Gasteiger partial charge is 0.398 e. The van der Waals surface area contributed by atoms with Crippen molar-refractivity contribution in [2.75, 3.05) is 12.3 Å². The first kappa shape index (κ1) is 14.9. The molecule has 0 saturated carbocycles. The molecule has 0 spiro atoms. The number of hydrogen-bond donors (Lipinski definition) is 3. The van der Waals surface area contributed by atoms with Crippen LogP contribution in [-0.2, 0) is 10.0 Å². The smallest absolute Gasteiger partial charge is 0.241 e. The maximum atomic E-state index is 13.4. The van der Waals surface area contributed by atoms with Crippen molar-refractivity contribution in [2.45, 2.75) is 31.2 Å². The van der Waals surface area contributed by atoms with E-state index in [0.717, 1.165) is 6.07 Å². The summed E-state index contributed by atoms with van der Waals surface area (Å²) in [6.07, 6.45) is 0.430. The first-order chi connectivity index (χ1) is 8.31. The molecule has 5 nitrogen and oxygen atoms in total. The minimum absolute atomic E-state index is 0.0763. The number of nitrogens with two attached hydrogens (primary N) is 1. The monoisotopic (exact) mass is 276 g/mol. The van der Waals surface area contributed by atoms with Gasteiger partial charge in [-0.3, -0.25) is 0 Å². The maximum absolute atomic E-state index is 13.4. The van der Waals surface area contributed by atoms with Gasteiger partial charge in [0.15, 0.2) is 0 Å². The second-order valence-corrected chi connectivity index (χ2v) is 5.74. The van der Waals surface area contributed by atoms with Crippen LogP contribution in [0.5, 0.6) is 0 Å². The Balaban J connectivity index is 3.13. The molecule has 0 fully saturated rings. The highest BCUT2D eigenvalue weighted by molar-refractivity contribution is 7.89. The van der Waals surface area contributed by atoms with Crippen molar-refractivity contribution in [1.82, 2.24) is 4.72 Å². The third kappa shape index (κ3) is 3.18. The number of benzene rings is 1. The number of halogens is 1. The Labute approximate surface area is 106 Å². The summed E-state index contributed by atoms with van der Waals surface area (Å²) in [4.78, 5) is -0.241. The summed E-state index contributed by atoms with van der Waals surface area (Å²) in [6, 6.07) is 1.52. The lowest BCUT2D eigenvalue weighted by Crippen LogP contribution is -2.37. The van der Waals surface area contributed by atoms with Crippen LogP contribution >= 0.6 is 0 Å². The van der Waals surface area contributed by atoms with Gasteiger partial charge in [-0.1, -0.05) is 6.92 Å². The van der Waals surface area contributed by atoms with Gasteiger partial charge in [-0.05, 0) is 25.5 Å². The summed E-state index contributed by atoms with van der Waals surface area (Å²) in [5, 5.41) is 8.96. The molecule has 0 unspecified atom stereocenters. The Morgan fingerprint density at radius 3 is 2.56 bits per heavy atom. The third-order valence-corrected chi connectivity index (χ3v) is 4.20. The lowest BCUT2D eigenvalue weighted by molar-refractivity contribution is 0.254. The number of hydrogen-bond acceptors (Lipinski definition) is 4. The highest BCUT2D eigenvalue weighted by Gasteiger charge is 2.20. The number of sulfonamides is 1. The third-order valence-electron chi connectivity index (χ3n) is 2.70. The van der Waals surface area contributed by atoms with Gasteiger partial charge in [0.2, 0.25) is 10.0 Å². The molecule has 0 aliphatic rings. The Morgan fingerprint density at radius 1 is 1.50 bits per heavy atom. The van der Waals surface area contributed by atoms with Crippen LogP contribution in [0.4, 0.5) is 10.1 Å². The fourth-order valence-corrected chi connectivity index (χ4v) is 2.72. The first-order valence-electron chi connectivity index (χ1n) is 5.50. The van der Waals surface area contributed by atoms with Gasteiger partial charge >= 0.3 is 0 Å². The molecule has 0 amide bonds. The van der Waals surface area contributed by atoms with Crippen molar-refractivity contribution < 1.29 is 17.9 Å². The van der Waals surface area contributed by atoms with E-state index < -0.39 is 21.9 Å². The molecule has 1 aromatic carbocycles. The van der Waals surface area contributed by atoms with Gasteiger partial charge in [-0.2, -0.15) is 0 Å². The molecule has 18 heavy (non-hydrogen) atoms. The summed E-state index contributed by atoms with van der Waals surface area (Å²) < 4.78 is 39.6. The van der Waals surface area contributed by atoms with Gasteiger partial charge in [0.25, 0.3) is 0 Å². The van der Waals surface area contributed by atoms with E-state index in [4.69, 9.17) is 10.8 Å². The zero-order valence-corrected chi connectivity index (χ0v) is 11.1. The van der Waals surface area contributed by atoms with Crippen LogP contribution in [0.25, 0.3) is 0 Å². The van der Waals surface area contributed by atoms with Crippen molar-refractivity contribution in [2.24, 2.45) is 0 Å². The van der Waals surface area contributed by atoms with E-state index in [1.54, 1.807) is 6.92 Å². The predicted molar refractivity (Wildman–Crippen MR) is 67.0 cm³/mol. The van der Waals surface area contributed by atoms with Crippen LogP contribution in [0.1, 0.15) is 18.9 Å². The summed E-state index contributed by atoms with van der Waals surface area (Å²) in [6.45, 7) is 2.88. The van der Waals surface area contributed by atoms with Crippen molar-refractivity contribution in [3.63, 3.8) is 0 Å². The van der Waals surface area contributed by atoms with Crippen molar-refractivity contribution >= 4 is 15.7 Å². The molecule has 102 valence electrons. The minimum Gasteiger partial charge on any atom is -0.398 e. The summed E-state index contributed by atoms with van der Waals surface area (Å²) in [7, 11) is -3.88. The van der Waals surface area contributed by atoms with Gasteiger partial charge in [-0.25, -0.2) is 17.5 Å². The van der Waals surface area contributed by atoms with Gasteiger partial charge in [0.1, 0.15) is 5.82 Å². The topological polar surface area (TPSA) is 92.4 Å². The number of anilines is 1. The van der Waals surface area contributed by atoms with E-state index >= 15 is 0 Å². The highest BCUT2D eigenvalue weighted by Crippen LogP contribution is 2.21. The molecular formula is C11H17FN2O3S. The summed E-state index contributed by atoms with van der Waals surface area (Å²) in [5.41, 5.74) is 5.82. The summed E-state index contributed by atoms with van der Waals surface area (Å²) in [5.74, 6) is -0.674. The molecule has 0 radical (unpaired) electrons. The van der Waals surface area contributed by atoms with Crippen molar-refractivity contribution in [1.29, 1.82) is 0 Å². The Bertz CT molecular complexity index is 504. The van der Waals surface area contributed by atoms with E-state index in [1.165, 1.54) is 13.0 Å². The van der Waals surface area contributed by atoms with Crippen LogP contribution in [-0.4, -0.2) is 26.2 Å². The second-order valence-electron chi connectivity index (χ2n) is 4.03. The van der Waals surface area contributed by atoms with Gasteiger partial charge in [-0.15, -0.1) is 0 Å². The maximum Gasteiger partial charge on any atom is 0.241 e. The van der Waals surface area contributed by atoms with Crippen LogP contribution < -0.4 is 10.5 Å². The quantitative estimate of drug-likeness (QED) is 0.692. The van der Waals surface area contributed by atoms with E-state index in [2.05, 4.69) is 4.72 Å². The minimum atomic E-state index is -3.88. The zero-order valence-electron chi connectivity index (χ0n) is 10.3. The molecule has 4 N–H and O–H groups in total. The van der Waals surface area contributed by atoms with Crippen LogP contribution in [0.2, 0.25) is 0 Å². The molecule has 1 rings (SSSR count). The number of nitrogen functional groups attached to an aromatic ring is 1. The van der Waals surface area contributed by atoms with Gasteiger partial charge in [0.05, 0.1) is 11.5 Å². The molecule has 7 heteroatoms. The Kier molecular flexibility index (Phi) is 4.66. The van der Waals surface area contributed by atoms with E-state index in [1.807, 2.05) is 0 Å². The Hall–Kier alpha value is -1.18. The predicted octanol–water partition coefficient (Wildman–Crippen LogP) is 0.766. The molecular weight excluding hydrogens is 259 g/mol. The molecule has 0 saturated heterocycles. The van der Waals surface area contributed by atoms with Crippen molar-refractivity contribution in [3.8, 4) is 0 Å². The van der Waals surface area contributed by atoms with Gasteiger partial charge in [0, 0.05) is 17.3 Å². The fraction of sp³-hybridized carbons (Fsp3) is 0.455. The lowest BCUT2D eigenvalue weighted by atomic mass is 10.2. The number of rotatable bonds is 5. The normalized spacial score (nSPS) is 13.6. The fourth-order valence-electron chi connectivity index (χ4n) is 1.37. The average Bonchev–Trinajstić information content (AvgIpc) is 2.32. The first-order valence-corrected chi connectivity index (χ1v) is 6.99. The number of aliphatic hydroxyl groups is 1. The highest BCUT2D eigenvalue weighted by atomic mass is 32.2. The van der Waals surface area contributed by atoms with Crippen LogP contribution in [0.3, 0.4) is 0 Å². The van der Waals surface area contributed by atoms with Crippen molar-refractivity contribution in [3.05, 3.63) is 23.5 Å². The number of nitrogens with one attached hydrogen (secondary N) is 1. The average molecular weight is 276 g/mol. The second kappa shape index (κ2) is 5.64. The molecule has 0 aliphatic heterocycles. The molecule has 1 atom stereocenters.